The fourth-order valence-electron chi connectivity index (χ4n) is 3.16. The van der Waals surface area contributed by atoms with Gasteiger partial charge in [0.2, 0.25) is 5.91 Å². The maximum absolute atomic E-state index is 12.4. The van der Waals surface area contributed by atoms with E-state index < -0.39 is 0 Å². The summed E-state index contributed by atoms with van der Waals surface area (Å²) in [6.45, 7) is 2.85. The molecule has 1 aromatic heterocycles. The first-order chi connectivity index (χ1) is 13.1. The van der Waals surface area contributed by atoms with Crippen LogP contribution < -0.4 is 15.4 Å². The number of fused-ring (bicyclic) bond motifs is 1. The Labute approximate surface area is 163 Å². The van der Waals surface area contributed by atoms with E-state index in [-0.39, 0.29) is 17.7 Å². The standard InChI is InChI=1S/C20H25N3O3S/c1-3-4-5-12-21-19(25)15-10-11-16-17(15)22-20(27-16)23-18(24)13-6-8-14(26-2)9-7-13/h6-9,15H,3-5,10-12H2,1-2H3,(H,21,25)(H,22,23,24). The predicted molar refractivity (Wildman–Crippen MR) is 107 cm³/mol. The van der Waals surface area contributed by atoms with Gasteiger partial charge in [-0.1, -0.05) is 19.8 Å². The molecule has 3 rings (SSSR count). The zero-order valence-electron chi connectivity index (χ0n) is 15.7. The van der Waals surface area contributed by atoms with E-state index in [1.807, 2.05) is 0 Å². The number of rotatable bonds is 8. The van der Waals surface area contributed by atoms with Gasteiger partial charge in [-0.3, -0.25) is 14.9 Å². The molecule has 144 valence electrons. The Bertz CT molecular complexity index is 801. The maximum Gasteiger partial charge on any atom is 0.257 e. The van der Waals surface area contributed by atoms with E-state index in [1.54, 1.807) is 31.4 Å². The van der Waals surface area contributed by atoms with Crippen molar-refractivity contribution < 1.29 is 14.3 Å². The second kappa shape index (κ2) is 8.99. The van der Waals surface area contributed by atoms with Gasteiger partial charge in [0.15, 0.2) is 5.13 Å². The van der Waals surface area contributed by atoms with Crippen LogP contribution >= 0.6 is 11.3 Å². The molecular formula is C20H25N3O3S. The number of methoxy groups -OCH3 is 1. The minimum atomic E-state index is -0.217. The Morgan fingerprint density at radius 3 is 2.74 bits per heavy atom. The third-order valence-corrected chi connectivity index (χ3v) is 5.73. The molecule has 1 aliphatic rings. The highest BCUT2D eigenvalue weighted by Gasteiger charge is 2.32. The average molecular weight is 388 g/mol. The van der Waals surface area contributed by atoms with Crippen LogP contribution in [-0.4, -0.2) is 30.5 Å². The van der Waals surface area contributed by atoms with E-state index in [0.29, 0.717) is 23.0 Å². The zero-order valence-corrected chi connectivity index (χ0v) is 16.5. The lowest BCUT2D eigenvalue weighted by Crippen LogP contribution is -2.29. The molecule has 0 aliphatic heterocycles. The number of aryl methyl sites for hydroxylation is 1. The van der Waals surface area contributed by atoms with Crippen molar-refractivity contribution in [3.63, 3.8) is 0 Å². The quantitative estimate of drug-likeness (QED) is 0.676. The summed E-state index contributed by atoms with van der Waals surface area (Å²) in [5, 5.41) is 6.40. The van der Waals surface area contributed by atoms with Gasteiger partial charge in [-0.25, -0.2) is 4.98 Å². The molecule has 0 spiro atoms. The van der Waals surface area contributed by atoms with Crippen LogP contribution in [0.25, 0.3) is 0 Å². The molecule has 2 N–H and O–H groups in total. The van der Waals surface area contributed by atoms with Gasteiger partial charge < -0.3 is 10.1 Å². The van der Waals surface area contributed by atoms with Crippen molar-refractivity contribution in [2.75, 3.05) is 19.0 Å². The number of aromatic nitrogens is 1. The number of benzene rings is 1. The zero-order chi connectivity index (χ0) is 19.2. The van der Waals surface area contributed by atoms with E-state index in [0.717, 1.165) is 42.7 Å². The summed E-state index contributed by atoms with van der Waals surface area (Å²) in [5.41, 5.74) is 1.36. The summed E-state index contributed by atoms with van der Waals surface area (Å²) in [4.78, 5) is 30.5. The molecule has 2 aromatic rings. The SMILES string of the molecule is CCCCCNC(=O)C1CCc2sc(NC(=O)c3ccc(OC)cc3)nc21. The van der Waals surface area contributed by atoms with E-state index in [1.165, 1.54) is 11.3 Å². The first-order valence-corrected chi connectivity index (χ1v) is 10.2. The van der Waals surface area contributed by atoms with Gasteiger partial charge in [0.25, 0.3) is 5.91 Å². The average Bonchev–Trinajstić information content (AvgIpc) is 3.25. The summed E-state index contributed by atoms with van der Waals surface area (Å²) < 4.78 is 5.10. The number of thiazole rings is 1. The van der Waals surface area contributed by atoms with Crippen LogP contribution in [0.3, 0.4) is 0 Å². The summed E-state index contributed by atoms with van der Waals surface area (Å²) in [6.07, 6.45) is 4.88. The highest BCUT2D eigenvalue weighted by Crippen LogP contribution is 2.38. The van der Waals surface area contributed by atoms with Crippen molar-refractivity contribution in [3.8, 4) is 5.75 Å². The highest BCUT2D eigenvalue weighted by atomic mass is 32.1. The predicted octanol–water partition coefficient (Wildman–Crippen LogP) is 3.74. The van der Waals surface area contributed by atoms with Crippen LogP contribution in [0.15, 0.2) is 24.3 Å². The molecule has 1 unspecified atom stereocenters. The Morgan fingerprint density at radius 2 is 2.04 bits per heavy atom. The fraction of sp³-hybridized carbons (Fsp3) is 0.450. The molecular weight excluding hydrogens is 362 g/mol. The minimum absolute atomic E-state index is 0.0446. The first-order valence-electron chi connectivity index (χ1n) is 9.35. The van der Waals surface area contributed by atoms with Crippen molar-refractivity contribution >= 4 is 28.3 Å². The van der Waals surface area contributed by atoms with Gasteiger partial charge in [-0.2, -0.15) is 0 Å². The topological polar surface area (TPSA) is 80.3 Å². The number of ether oxygens (including phenoxy) is 1. The molecule has 6 nitrogen and oxygen atoms in total. The van der Waals surface area contributed by atoms with Crippen LogP contribution in [0.5, 0.6) is 5.75 Å². The summed E-state index contributed by atoms with van der Waals surface area (Å²) in [6, 6.07) is 6.91. The summed E-state index contributed by atoms with van der Waals surface area (Å²) >= 11 is 1.46. The second-order valence-corrected chi connectivity index (χ2v) is 7.68. The Morgan fingerprint density at radius 1 is 1.26 bits per heavy atom. The highest BCUT2D eigenvalue weighted by molar-refractivity contribution is 7.16. The monoisotopic (exact) mass is 387 g/mol. The molecule has 27 heavy (non-hydrogen) atoms. The molecule has 0 fully saturated rings. The third kappa shape index (κ3) is 4.66. The lowest BCUT2D eigenvalue weighted by atomic mass is 10.1. The van der Waals surface area contributed by atoms with Crippen molar-refractivity contribution in [2.24, 2.45) is 0 Å². The van der Waals surface area contributed by atoms with Crippen LogP contribution in [0.2, 0.25) is 0 Å². The lowest BCUT2D eigenvalue weighted by molar-refractivity contribution is -0.122. The Kier molecular flexibility index (Phi) is 6.45. The normalized spacial score (nSPS) is 15.3. The number of hydrogen-bond acceptors (Lipinski definition) is 5. The van der Waals surface area contributed by atoms with E-state index in [9.17, 15) is 9.59 Å². The molecule has 0 radical (unpaired) electrons. The molecule has 0 saturated heterocycles. The lowest BCUT2D eigenvalue weighted by Gasteiger charge is -2.10. The number of anilines is 1. The van der Waals surface area contributed by atoms with Crippen LogP contribution in [-0.2, 0) is 11.2 Å². The summed E-state index contributed by atoms with van der Waals surface area (Å²) in [5.74, 6) is 0.325. The largest absolute Gasteiger partial charge is 0.497 e. The van der Waals surface area contributed by atoms with Crippen molar-refractivity contribution in [1.82, 2.24) is 10.3 Å². The first kappa shape index (κ1) is 19.4. The number of carbonyl (C=O) groups excluding carboxylic acids is 2. The Hall–Kier alpha value is -2.41. The van der Waals surface area contributed by atoms with E-state index >= 15 is 0 Å². The van der Waals surface area contributed by atoms with E-state index in [4.69, 9.17) is 4.74 Å². The molecule has 1 aliphatic carbocycles. The molecule has 1 heterocycles. The number of amides is 2. The van der Waals surface area contributed by atoms with Gasteiger partial charge in [-0.05, 0) is 43.5 Å². The van der Waals surface area contributed by atoms with Crippen LogP contribution in [0, 0.1) is 0 Å². The van der Waals surface area contributed by atoms with Crippen LogP contribution in [0.1, 0.15) is 59.5 Å². The van der Waals surface area contributed by atoms with Gasteiger partial charge >= 0.3 is 0 Å². The third-order valence-electron chi connectivity index (χ3n) is 4.69. The maximum atomic E-state index is 12.4. The van der Waals surface area contributed by atoms with Gasteiger partial charge in [0.1, 0.15) is 5.75 Å². The van der Waals surface area contributed by atoms with Crippen molar-refractivity contribution in [1.29, 1.82) is 0 Å². The van der Waals surface area contributed by atoms with Crippen LogP contribution in [0.4, 0.5) is 5.13 Å². The molecule has 7 heteroatoms. The molecule has 0 saturated carbocycles. The molecule has 2 amide bonds. The summed E-state index contributed by atoms with van der Waals surface area (Å²) in [7, 11) is 1.59. The van der Waals surface area contributed by atoms with Gasteiger partial charge in [0, 0.05) is 17.0 Å². The number of carbonyl (C=O) groups is 2. The second-order valence-electron chi connectivity index (χ2n) is 6.60. The van der Waals surface area contributed by atoms with Crippen molar-refractivity contribution in [3.05, 3.63) is 40.4 Å². The number of unbranched alkanes of at least 4 members (excludes halogenated alkanes) is 2. The molecule has 1 atom stereocenters. The van der Waals surface area contributed by atoms with E-state index in [2.05, 4.69) is 22.5 Å². The smallest absolute Gasteiger partial charge is 0.257 e. The number of nitrogens with zero attached hydrogens (tertiary/aromatic N) is 1. The van der Waals surface area contributed by atoms with Gasteiger partial charge in [-0.15, -0.1) is 11.3 Å². The van der Waals surface area contributed by atoms with Gasteiger partial charge in [0.05, 0.1) is 18.7 Å². The molecule has 0 bridgehead atoms. The number of hydrogen-bond donors (Lipinski definition) is 2. The minimum Gasteiger partial charge on any atom is -0.497 e. The fourth-order valence-corrected chi connectivity index (χ4v) is 4.19. The number of nitrogens with one attached hydrogen (secondary N) is 2. The molecule has 1 aromatic carbocycles. The van der Waals surface area contributed by atoms with Crippen molar-refractivity contribution in [2.45, 2.75) is 44.9 Å². The Balaban J connectivity index is 1.61.